The highest BCUT2D eigenvalue weighted by atomic mass is 16.5. The second-order valence-electron chi connectivity index (χ2n) is 5.64. The fraction of sp³-hybridized carbons (Fsp3) is 0.105. The van der Waals surface area contributed by atoms with Crippen molar-refractivity contribution in [1.29, 1.82) is 0 Å². The molecular formula is C19H16N4O2. The topological polar surface area (TPSA) is 72.8 Å². The van der Waals surface area contributed by atoms with Gasteiger partial charge < -0.3 is 9.72 Å². The monoisotopic (exact) mass is 332 g/mol. The van der Waals surface area contributed by atoms with E-state index in [1.165, 1.54) is 0 Å². The normalized spacial score (nSPS) is 11.0. The summed E-state index contributed by atoms with van der Waals surface area (Å²) in [7, 11) is 1.59. The van der Waals surface area contributed by atoms with E-state index in [9.17, 15) is 4.79 Å². The van der Waals surface area contributed by atoms with E-state index in [1.807, 2.05) is 61.5 Å². The highest BCUT2D eigenvalue weighted by Gasteiger charge is 2.17. The number of aromatic amines is 1. The predicted octanol–water partition coefficient (Wildman–Crippen LogP) is 3.09. The maximum atomic E-state index is 12.8. The van der Waals surface area contributed by atoms with Crippen molar-refractivity contribution >= 4 is 11.0 Å². The first kappa shape index (κ1) is 15.1. The molecule has 124 valence electrons. The van der Waals surface area contributed by atoms with Crippen LogP contribution in [0.25, 0.3) is 28.1 Å². The number of aromatic nitrogens is 4. The Labute approximate surface area is 143 Å². The molecule has 2 aromatic heterocycles. The number of hydrogen-bond donors (Lipinski definition) is 1. The number of benzene rings is 2. The molecule has 0 fully saturated rings. The molecule has 0 saturated heterocycles. The summed E-state index contributed by atoms with van der Waals surface area (Å²) in [4.78, 5) is 20.3. The molecule has 0 aliphatic heterocycles. The number of aryl methyl sites for hydroxylation is 1. The van der Waals surface area contributed by atoms with E-state index in [4.69, 9.17) is 4.74 Å². The Morgan fingerprint density at radius 2 is 1.76 bits per heavy atom. The lowest BCUT2D eigenvalue weighted by molar-refractivity contribution is 0.416. The molecule has 4 rings (SSSR count). The number of H-pyrrole nitrogens is 1. The molecule has 0 unspecified atom stereocenters. The summed E-state index contributed by atoms with van der Waals surface area (Å²) in [5.41, 5.74) is 3.01. The second-order valence-corrected chi connectivity index (χ2v) is 5.64. The lowest BCUT2D eigenvalue weighted by Crippen LogP contribution is -2.13. The summed E-state index contributed by atoms with van der Waals surface area (Å²) in [5.74, 6) is 1.11. The Hall–Kier alpha value is -3.41. The van der Waals surface area contributed by atoms with Gasteiger partial charge in [0.15, 0.2) is 5.52 Å². The van der Waals surface area contributed by atoms with Crippen molar-refractivity contribution in [2.75, 3.05) is 7.11 Å². The summed E-state index contributed by atoms with van der Waals surface area (Å²) < 4.78 is 7.00. The average Bonchev–Trinajstić information content (AvgIpc) is 3.00. The van der Waals surface area contributed by atoms with Crippen molar-refractivity contribution in [3.63, 3.8) is 0 Å². The molecule has 6 heteroatoms. The minimum absolute atomic E-state index is 0.240. The van der Waals surface area contributed by atoms with Gasteiger partial charge in [0.05, 0.1) is 24.1 Å². The molecule has 0 bridgehead atoms. The van der Waals surface area contributed by atoms with E-state index in [0.717, 1.165) is 11.3 Å². The molecule has 1 N–H and O–H groups in total. The summed E-state index contributed by atoms with van der Waals surface area (Å²) >= 11 is 0. The van der Waals surface area contributed by atoms with Crippen LogP contribution in [0.5, 0.6) is 5.75 Å². The minimum atomic E-state index is -0.240. The van der Waals surface area contributed by atoms with Gasteiger partial charge in [0, 0.05) is 0 Å². The number of para-hydroxylation sites is 2. The van der Waals surface area contributed by atoms with E-state index >= 15 is 0 Å². The van der Waals surface area contributed by atoms with Crippen LogP contribution in [0.4, 0.5) is 0 Å². The predicted molar refractivity (Wildman–Crippen MR) is 96.2 cm³/mol. The molecule has 0 aliphatic rings. The third kappa shape index (κ3) is 2.48. The van der Waals surface area contributed by atoms with Crippen molar-refractivity contribution in [2.45, 2.75) is 6.92 Å². The van der Waals surface area contributed by atoms with E-state index in [0.29, 0.717) is 28.3 Å². The number of hydrogen-bond acceptors (Lipinski definition) is 4. The number of nitrogens with one attached hydrogen (secondary N) is 1. The van der Waals surface area contributed by atoms with Gasteiger partial charge in [-0.2, -0.15) is 5.10 Å². The minimum Gasteiger partial charge on any atom is -0.496 e. The van der Waals surface area contributed by atoms with Crippen molar-refractivity contribution < 1.29 is 4.74 Å². The largest absolute Gasteiger partial charge is 0.496 e. The zero-order chi connectivity index (χ0) is 17.4. The third-order valence-corrected chi connectivity index (χ3v) is 4.06. The van der Waals surface area contributed by atoms with Gasteiger partial charge >= 0.3 is 0 Å². The first-order chi connectivity index (χ1) is 12.2. The molecule has 2 heterocycles. The van der Waals surface area contributed by atoms with Gasteiger partial charge in [-0.1, -0.05) is 30.3 Å². The summed E-state index contributed by atoms with van der Waals surface area (Å²) in [5, 5.41) is 4.50. The Bertz CT molecular complexity index is 1110. The van der Waals surface area contributed by atoms with Crippen molar-refractivity contribution in [1.82, 2.24) is 19.7 Å². The summed E-state index contributed by atoms with van der Waals surface area (Å²) in [6, 6.07) is 17.0. The molecule has 0 radical (unpaired) electrons. The third-order valence-electron chi connectivity index (χ3n) is 4.06. The number of ether oxygens (including phenoxy) is 1. The van der Waals surface area contributed by atoms with E-state index in [2.05, 4.69) is 15.1 Å². The molecule has 0 amide bonds. The first-order valence-corrected chi connectivity index (χ1v) is 7.87. The SMILES string of the molecule is COc1ccccc1-c1nc2c(C)nn(-c3ccccc3)c2c(=O)[nH]1. The first-order valence-electron chi connectivity index (χ1n) is 7.87. The summed E-state index contributed by atoms with van der Waals surface area (Å²) in [6.45, 7) is 1.85. The Morgan fingerprint density at radius 1 is 1.04 bits per heavy atom. The highest BCUT2D eigenvalue weighted by Crippen LogP contribution is 2.27. The van der Waals surface area contributed by atoms with Crippen LogP contribution >= 0.6 is 0 Å². The van der Waals surface area contributed by atoms with Gasteiger partial charge in [-0.05, 0) is 31.2 Å². The van der Waals surface area contributed by atoms with Crippen molar-refractivity contribution in [2.24, 2.45) is 0 Å². The highest BCUT2D eigenvalue weighted by molar-refractivity contribution is 5.81. The Balaban J connectivity index is 1.99. The van der Waals surface area contributed by atoms with E-state index in [-0.39, 0.29) is 5.56 Å². The van der Waals surface area contributed by atoms with Gasteiger partial charge in [0.25, 0.3) is 5.56 Å². The van der Waals surface area contributed by atoms with E-state index in [1.54, 1.807) is 11.8 Å². The van der Waals surface area contributed by atoms with Gasteiger partial charge in [-0.3, -0.25) is 4.79 Å². The van der Waals surface area contributed by atoms with E-state index < -0.39 is 0 Å². The van der Waals surface area contributed by atoms with Crippen molar-refractivity contribution in [3.8, 4) is 22.8 Å². The molecule has 25 heavy (non-hydrogen) atoms. The van der Waals surface area contributed by atoms with Crippen LogP contribution in [0, 0.1) is 6.92 Å². The molecule has 0 atom stereocenters. The van der Waals surface area contributed by atoms with Crippen LogP contribution in [-0.2, 0) is 0 Å². The Morgan fingerprint density at radius 3 is 2.52 bits per heavy atom. The quantitative estimate of drug-likeness (QED) is 0.626. The standard InChI is InChI=1S/C19H16N4O2/c1-12-16-17(23(22-12)13-8-4-3-5-9-13)19(24)21-18(20-16)14-10-6-7-11-15(14)25-2/h3-11H,1-2H3,(H,20,21,24). The van der Waals surface area contributed by atoms with Crippen LogP contribution in [0.15, 0.2) is 59.4 Å². The molecular weight excluding hydrogens is 316 g/mol. The molecule has 4 aromatic rings. The average molecular weight is 332 g/mol. The van der Waals surface area contributed by atoms with Gasteiger partial charge in [-0.25, -0.2) is 9.67 Å². The fourth-order valence-electron chi connectivity index (χ4n) is 2.89. The lowest BCUT2D eigenvalue weighted by atomic mass is 10.2. The van der Waals surface area contributed by atoms with Crippen LogP contribution < -0.4 is 10.3 Å². The van der Waals surface area contributed by atoms with Gasteiger partial charge in [0.1, 0.15) is 17.1 Å². The maximum Gasteiger partial charge on any atom is 0.277 e. The van der Waals surface area contributed by atoms with Crippen molar-refractivity contribution in [3.05, 3.63) is 70.6 Å². The number of methoxy groups -OCH3 is 1. The molecule has 2 aromatic carbocycles. The number of rotatable bonds is 3. The van der Waals surface area contributed by atoms with Crippen LogP contribution in [0.2, 0.25) is 0 Å². The lowest BCUT2D eigenvalue weighted by Gasteiger charge is -2.07. The molecule has 0 aliphatic carbocycles. The zero-order valence-electron chi connectivity index (χ0n) is 13.9. The molecule has 6 nitrogen and oxygen atoms in total. The number of nitrogens with zero attached hydrogens (tertiary/aromatic N) is 3. The Kier molecular flexibility index (Phi) is 3.57. The van der Waals surface area contributed by atoms with Crippen LogP contribution in [0.3, 0.4) is 0 Å². The van der Waals surface area contributed by atoms with Gasteiger partial charge in [0.2, 0.25) is 0 Å². The smallest absolute Gasteiger partial charge is 0.277 e. The van der Waals surface area contributed by atoms with Crippen LogP contribution in [0.1, 0.15) is 5.69 Å². The molecule has 0 spiro atoms. The summed E-state index contributed by atoms with van der Waals surface area (Å²) in [6.07, 6.45) is 0. The maximum absolute atomic E-state index is 12.8. The van der Waals surface area contributed by atoms with Crippen LogP contribution in [-0.4, -0.2) is 26.9 Å². The second kappa shape index (κ2) is 5.90. The number of fused-ring (bicyclic) bond motifs is 1. The fourth-order valence-corrected chi connectivity index (χ4v) is 2.89. The zero-order valence-corrected chi connectivity index (χ0v) is 13.9. The van der Waals surface area contributed by atoms with Gasteiger partial charge in [-0.15, -0.1) is 0 Å². The molecule has 0 saturated carbocycles.